The molecule has 0 aliphatic carbocycles. The van der Waals surface area contributed by atoms with Crippen LogP contribution in [0.3, 0.4) is 0 Å². The summed E-state index contributed by atoms with van der Waals surface area (Å²) >= 11 is 12.9. The average Bonchev–Trinajstić information content (AvgIpc) is 3.00. The molecule has 0 aromatic heterocycles. The summed E-state index contributed by atoms with van der Waals surface area (Å²) in [6, 6.07) is 12.3. The van der Waals surface area contributed by atoms with Gasteiger partial charge >= 0.3 is 5.97 Å². The number of imide groups is 1. The first-order chi connectivity index (χ1) is 15.3. The number of halogens is 2. The Bertz CT molecular complexity index is 1070. The molecule has 1 aliphatic rings. The predicted octanol–water partition coefficient (Wildman–Crippen LogP) is 5.95. The number of benzene rings is 2. The van der Waals surface area contributed by atoms with Gasteiger partial charge in [-0.25, -0.2) is 0 Å². The highest BCUT2D eigenvalue weighted by atomic mass is 35.5. The van der Waals surface area contributed by atoms with Crippen LogP contribution in [0.25, 0.3) is 6.08 Å². The highest BCUT2D eigenvalue weighted by Crippen LogP contribution is 2.35. The monoisotopic (exact) mass is 493 g/mol. The number of nitrogens with zero attached hydrogens (tertiary/aromatic N) is 1. The van der Waals surface area contributed by atoms with Crippen molar-refractivity contribution >= 4 is 58.2 Å². The smallest absolute Gasteiger partial charge is 0.326 e. The molecule has 1 saturated heterocycles. The van der Waals surface area contributed by atoms with Gasteiger partial charge in [-0.3, -0.25) is 19.3 Å². The first-order valence-electron chi connectivity index (χ1n) is 9.88. The molecule has 0 unspecified atom stereocenters. The Morgan fingerprint density at radius 3 is 2.62 bits per heavy atom. The second-order valence-corrected chi connectivity index (χ2v) is 8.94. The fourth-order valence-corrected chi connectivity index (χ4v) is 4.03. The molecule has 0 spiro atoms. The molecule has 0 radical (unpaired) electrons. The van der Waals surface area contributed by atoms with Gasteiger partial charge in [0.15, 0.2) is 0 Å². The van der Waals surface area contributed by atoms with Crippen molar-refractivity contribution in [2.75, 3.05) is 6.54 Å². The highest BCUT2D eigenvalue weighted by molar-refractivity contribution is 8.18. The molecule has 2 aromatic rings. The molecule has 0 N–H and O–H groups in total. The Hall–Kier alpha value is -2.48. The van der Waals surface area contributed by atoms with E-state index in [9.17, 15) is 14.4 Å². The Morgan fingerprint density at radius 1 is 1.16 bits per heavy atom. The van der Waals surface area contributed by atoms with Gasteiger partial charge in [0.1, 0.15) is 18.9 Å². The van der Waals surface area contributed by atoms with E-state index in [-0.39, 0.29) is 17.6 Å². The molecule has 168 valence electrons. The van der Waals surface area contributed by atoms with Crippen molar-refractivity contribution in [3.63, 3.8) is 0 Å². The highest BCUT2D eigenvalue weighted by Gasteiger charge is 2.37. The number of carbonyl (C=O) groups excluding carboxylic acids is 3. The number of esters is 1. The van der Waals surface area contributed by atoms with Crippen LogP contribution in [0.1, 0.15) is 31.4 Å². The number of thioether (sulfide) groups is 1. The minimum Gasteiger partial charge on any atom is -0.488 e. The summed E-state index contributed by atoms with van der Waals surface area (Å²) in [5.41, 5.74) is 1.41. The van der Waals surface area contributed by atoms with Crippen LogP contribution in [-0.2, 0) is 20.9 Å². The standard InChI is InChI=1S/C23H21Cl2NO5S/c1-3-14(2)31-21(27)12-26-22(28)20(32-23(26)29)11-16-10-18(25)7-8-19(16)30-13-15-5-4-6-17(24)9-15/h4-11,14H,3,12-13H2,1-2H3/b20-11+/t14-/m0/s1. The number of hydrogen-bond donors (Lipinski definition) is 0. The van der Waals surface area contributed by atoms with Gasteiger partial charge in [-0.1, -0.05) is 42.3 Å². The maximum atomic E-state index is 12.7. The van der Waals surface area contributed by atoms with E-state index in [1.165, 1.54) is 6.08 Å². The third-order valence-electron chi connectivity index (χ3n) is 4.61. The quantitative estimate of drug-likeness (QED) is 0.334. The summed E-state index contributed by atoms with van der Waals surface area (Å²) in [7, 11) is 0. The Kier molecular flexibility index (Phi) is 8.23. The van der Waals surface area contributed by atoms with Crippen molar-refractivity contribution in [1.82, 2.24) is 4.90 Å². The summed E-state index contributed by atoms with van der Waals surface area (Å²) in [6.45, 7) is 3.44. The molecular formula is C23H21Cl2NO5S. The van der Waals surface area contributed by atoms with E-state index >= 15 is 0 Å². The summed E-state index contributed by atoms with van der Waals surface area (Å²) in [5, 5.41) is 0.511. The molecule has 1 heterocycles. The molecule has 2 aromatic carbocycles. The molecular weight excluding hydrogens is 473 g/mol. The lowest BCUT2D eigenvalue weighted by Gasteiger charge is -2.15. The molecule has 1 aliphatic heterocycles. The fraction of sp³-hybridized carbons (Fsp3) is 0.261. The van der Waals surface area contributed by atoms with E-state index in [1.807, 2.05) is 19.1 Å². The third-order valence-corrected chi connectivity index (χ3v) is 5.99. The minimum atomic E-state index is -0.629. The topological polar surface area (TPSA) is 72.9 Å². The van der Waals surface area contributed by atoms with E-state index in [0.29, 0.717) is 27.8 Å². The van der Waals surface area contributed by atoms with Gasteiger partial charge < -0.3 is 9.47 Å². The molecule has 9 heteroatoms. The lowest BCUT2D eigenvalue weighted by atomic mass is 10.1. The Labute approximate surface area is 200 Å². The third kappa shape index (κ3) is 6.28. The van der Waals surface area contributed by atoms with Crippen LogP contribution in [0.5, 0.6) is 5.75 Å². The first kappa shape index (κ1) is 24.2. The van der Waals surface area contributed by atoms with Gasteiger partial charge in [0, 0.05) is 15.6 Å². The molecule has 2 amide bonds. The van der Waals surface area contributed by atoms with Gasteiger partial charge in [-0.05, 0) is 67.1 Å². The number of rotatable bonds is 8. The fourth-order valence-electron chi connectivity index (χ4n) is 2.80. The Balaban J connectivity index is 1.77. The normalized spacial score (nSPS) is 15.9. The van der Waals surface area contributed by atoms with E-state index < -0.39 is 23.7 Å². The molecule has 0 bridgehead atoms. The van der Waals surface area contributed by atoms with Crippen molar-refractivity contribution in [3.05, 3.63) is 68.5 Å². The van der Waals surface area contributed by atoms with Gasteiger partial charge in [0.25, 0.3) is 11.1 Å². The van der Waals surface area contributed by atoms with E-state index in [4.69, 9.17) is 32.7 Å². The molecule has 32 heavy (non-hydrogen) atoms. The second kappa shape index (κ2) is 10.9. The zero-order valence-electron chi connectivity index (χ0n) is 17.5. The molecule has 3 rings (SSSR count). The van der Waals surface area contributed by atoms with Gasteiger partial charge in [0.2, 0.25) is 0 Å². The summed E-state index contributed by atoms with van der Waals surface area (Å²) in [6.07, 6.45) is 1.88. The Morgan fingerprint density at radius 2 is 1.91 bits per heavy atom. The van der Waals surface area contributed by atoms with E-state index in [0.717, 1.165) is 22.2 Å². The molecule has 1 atom stereocenters. The van der Waals surface area contributed by atoms with Crippen LogP contribution in [0.2, 0.25) is 10.0 Å². The zero-order chi connectivity index (χ0) is 23.3. The number of hydrogen-bond acceptors (Lipinski definition) is 6. The summed E-state index contributed by atoms with van der Waals surface area (Å²) < 4.78 is 11.1. The molecule has 6 nitrogen and oxygen atoms in total. The minimum absolute atomic E-state index is 0.168. The van der Waals surface area contributed by atoms with Crippen LogP contribution in [0, 0.1) is 0 Å². The van der Waals surface area contributed by atoms with E-state index in [1.54, 1.807) is 37.3 Å². The van der Waals surface area contributed by atoms with Crippen molar-refractivity contribution < 1.29 is 23.9 Å². The van der Waals surface area contributed by atoms with Crippen molar-refractivity contribution in [1.29, 1.82) is 0 Å². The average molecular weight is 494 g/mol. The van der Waals surface area contributed by atoms with Crippen LogP contribution < -0.4 is 4.74 Å². The summed E-state index contributed by atoms with van der Waals surface area (Å²) in [5.74, 6) is -0.713. The van der Waals surface area contributed by atoms with Crippen molar-refractivity contribution in [2.45, 2.75) is 33.0 Å². The van der Waals surface area contributed by atoms with Crippen LogP contribution in [0.4, 0.5) is 4.79 Å². The second-order valence-electron chi connectivity index (χ2n) is 7.08. The maximum Gasteiger partial charge on any atom is 0.326 e. The maximum absolute atomic E-state index is 12.7. The van der Waals surface area contributed by atoms with Gasteiger partial charge in [-0.2, -0.15) is 0 Å². The van der Waals surface area contributed by atoms with Crippen LogP contribution in [0.15, 0.2) is 47.4 Å². The number of ether oxygens (including phenoxy) is 2. The SMILES string of the molecule is CC[C@H](C)OC(=O)CN1C(=O)S/C(=C/c2cc(Cl)ccc2OCc2cccc(Cl)c2)C1=O. The lowest BCUT2D eigenvalue weighted by Crippen LogP contribution is -2.35. The van der Waals surface area contributed by atoms with Crippen LogP contribution >= 0.6 is 35.0 Å². The zero-order valence-corrected chi connectivity index (χ0v) is 19.8. The van der Waals surface area contributed by atoms with Crippen molar-refractivity contribution in [2.24, 2.45) is 0 Å². The largest absolute Gasteiger partial charge is 0.488 e. The molecule has 1 fully saturated rings. The summed E-state index contributed by atoms with van der Waals surface area (Å²) in [4.78, 5) is 38.1. The van der Waals surface area contributed by atoms with Gasteiger partial charge in [0.05, 0.1) is 11.0 Å². The van der Waals surface area contributed by atoms with Crippen molar-refractivity contribution in [3.8, 4) is 5.75 Å². The first-order valence-corrected chi connectivity index (χ1v) is 11.5. The predicted molar refractivity (Wildman–Crippen MR) is 126 cm³/mol. The van der Waals surface area contributed by atoms with Gasteiger partial charge in [-0.15, -0.1) is 0 Å². The lowest BCUT2D eigenvalue weighted by molar-refractivity contribution is -0.150. The number of carbonyl (C=O) groups is 3. The van der Waals surface area contributed by atoms with Crippen LogP contribution in [-0.4, -0.2) is 34.7 Å². The van der Waals surface area contributed by atoms with E-state index in [2.05, 4.69) is 0 Å². The molecule has 0 saturated carbocycles. The number of amides is 2.